The zero-order chi connectivity index (χ0) is 14.7. The van der Waals surface area contributed by atoms with Crippen molar-refractivity contribution in [1.82, 2.24) is 15.3 Å². The van der Waals surface area contributed by atoms with Crippen molar-refractivity contribution in [3.05, 3.63) is 64.5 Å². The van der Waals surface area contributed by atoms with Gasteiger partial charge in [0, 0.05) is 34.7 Å². The molecule has 0 spiro atoms. The summed E-state index contributed by atoms with van der Waals surface area (Å²) in [4.78, 5) is 19.4. The smallest absolute Gasteiger partial charge is 0.267 e. The number of carbonyl (C=O) groups is 1. The van der Waals surface area contributed by atoms with Crippen LogP contribution in [-0.4, -0.2) is 22.4 Å². The Balaban J connectivity index is 1.60. The second kappa shape index (κ2) is 6.10. The van der Waals surface area contributed by atoms with Crippen molar-refractivity contribution in [2.24, 2.45) is 0 Å². The summed E-state index contributed by atoms with van der Waals surface area (Å²) in [5.74, 6) is -0.110. The number of aromatic nitrogens is 2. The third-order valence-corrected chi connectivity index (χ3v) is 3.67. The maximum Gasteiger partial charge on any atom is 0.267 e. The molecule has 21 heavy (non-hydrogen) atoms. The lowest BCUT2D eigenvalue weighted by molar-refractivity contribution is 0.0949. The second-order valence-corrected chi connectivity index (χ2v) is 5.65. The first-order valence-electron chi connectivity index (χ1n) is 6.69. The average Bonchev–Trinajstić information content (AvgIpc) is 2.94. The summed E-state index contributed by atoms with van der Waals surface area (Å²) in [6, 6.07) is 13.8. The first-order chi connectivity index (χ1) is 10.2. The number of benzene rings is 1. The van der Waals surface area contributed by atoms with Crippen molar-refractivity contribution < 1.29 is 4.79 Å². The van der Waals surface area contributed by atoms with Gasteiger partial charge in [-0.1, -0.05) is 24.3 Å². The summed E-state index contributed by atoms with van der Waals surface area (Å²) in [7, 11) is 0. The van der Waals surface area contributed by atoms with Crippen LogP contribution in [0.2, 0.25) is 0 Å². The van der Waals surface area contributed by atoms with E-state index in [0.717, 1.165) is 21.1 Å². The molecule has 4 nitrogen and oxygen atoms in total. The number of nitrogens with one attached hydrogen (secondary N) is 2. The largest absolute Gasteiger partial charge is 0.356 e. The standard InChI is InChI=1S/C16H14BrN3O/c17-12-9-15(19-10-12)16(21)18-8-7-13-6-5-11-3-1-2-4-14(11)20-13/h1-6,9-10,19H,7-8H2,(H,18,21). The Morgan fingerprint density at radius 2 is 2.10 bits per heavy atom. The molecule has 0 aliphatic rings. The lowest BCUT2D eigenvalue weighted by Crippen LogP contribution is -2.26. The van der Waals surface area contributed by atoms with E-state index in [1.807, 2.05) is 30.3 Å². The minimum atomic E-state index is -0.110. The Hall–Kier alpha value is -2.14. The molecule has 0 aliphatic heterocycles. The molecule has 0 aliphatic carbocycles. The Bertz CT molecular complexity index is 782. The van der Waals surface area contributed by atoms with E-state index in [9.17, 15) is 4.79 Å². The predicted octanol–water partition coefficient (Wildman–Crippen LogP) is 3.30. The van der Waals surface area contributed by atoms with Crippen molar-refractivity contribution in [3.8, 4) is 0 Å². The van der Waals surface area contributed by atoms with E-state index in [2.05, 4.69) is 37.3 Å². The van der Waals surface area contributed by atoms with E-state index < -0.39 is 0 Å². The quantitative estimate of drug-likeness (QED) is 0.763. The highest BCUT2D eigenvalue weighted by atomic mass is 79.9. The molecule has 3 aromatic rings. The minimum absolute atomic E-state index is 0.110. The number of nitrogens with zero attached hydrogens (tertiary/aromatic N) is 1. The lowest BCUT2D eigenvalue weighted by Gasteiger charge is -2.05. The van der Waals surface area contributed by atoms with Crippen LogP contribution in [-0.2, 0) is 6.42 Å². The van der Waals surface area contributed by atoms with Crippen LogP contribution in [0.4, 0.5) is 0 Å². The molecule has 1 amide bonds. The van der Waals surface area contributed by atoms with E-state index in [0.29, 0.717) is 18.7 Å². The molecule has 0 unspecified atom stereocenters. The summed E-state index contributed by atoms with van der Waals surface area (Å²) in [6.07, 6.45) is 2.44. The molecule has 3 rings (SSSR count). The maximum absolute atomic E-state index is 11.9. The molecule has 2 N–H and O–H groups in total. The zero-order valence-corrected chi connectivity index (χ0v) is 12.9. The summed E-state index contributed by atoms with van der Waals surface area (Å²) in [6.45, 7) is 0.556. The highest BCUT2D eigenvalue weighted by Crippen LogP contribution is 2.12. The van der Waals surface area contributed by atoms with Crippen LogP contribution in [0.1, 0.15) is 16.2 Å². The maximum atomic E-state index is 11.9. The van der Waals surface area contributed by atoms with Gasteiger partial charge in [0.25, 0.3) is 5.91 Å². The Labute approximate surface area is 130 Å². The number of aromatic amines is 1. The SMILES string of the molecule is O=C(NCCc1ccc2ccccc2n1)c1cc(Br)c[nH]1. The fourth-order valence-corrected chi connectivity index (χ4v) is 2.49. The van der Waals surface area contributed by atoms with Gasteiger partial charge in [-0.25, -0.2) is 0 Å². The van der Waals surface area contributed by atoms with Gasteiger partial charge in [0.2, 0.25) is 0 Å². The first kappa shape index (κ1) is 13.8. The van der Waals surface area contributed by atoms with Crippen LogP contribution in [0, 0.1) is 0 Å². The summed E-state index contributed by atoms with van der Waals surface area (Å²) >= 11 is 3.31. The molecular weight excluding hydrogens is 330 g/mol. The Morgan fingerprint density at radius 3 is 2.90 bits per heavy atom. The minimum Gasteiger partial charge on any atom is -0.356 e. The summed E-state index contributed by atoms with van der Waals surface area (Å²) in [5.41, 5.74) is 2.50. The third kappa shape index (κ3) is 3.31. The van der Waals surface area contributed by atoms with E-state index in [-0.39, 0.29) is 5.91 Å². The number of halogens is 1. The number of H-pyrrole nitrogens is 1. The van der Waals surface area contributed by atoms with Gasteiger partial charge in [0.15, 0.2) is 0 Å². The van der Waals surface area contributed by atoms with Gasteiger partial charge in [-0.15, -0.1) is 0 Å². The Morgan fingerprint density at radius 1 is 1.24 bits per heavy atom. The number of pyridine rings is 1. The van der Waals surface area contributed by atoms with Crippen LogP contribution < -0.4 is 5.32 Å². The third-order valence-electron chi connectivity index (χ3n) is 3.22. The molecule has 2 heterocycles. The van der Waals surface area contributed by atoms with Crippen LogP contribution in [0.3, 0.4) is 0 Å². The normalized spacial score (nSPS) is 10.7. The van der Waals surface area contributed by atoms with Gasteiger partial charge < -0.3 is 10.3 Å². The first-order valence-corrected chi connectivity index (χ1v) is 7.48. The average molecular weight is 344 g/mol. The molecule has 0 saturated carbocycles. The van der Waals surface area contributed by atoms with Crippen molar-refractivity contribution in [2.45, 2.75) is 6.42 Å². The van der Waals surface area contributed by atoms with Gasteiger partial charge in [-0.3, -0.25) is 9.78 Å². The number of hydrogen-bond acceptors (Lipinski definition) is 2. The van der Waals surface area contributed by atoms with Crippen molar-refractivity contribution in [2.75, 3.05) is 6.54 Å². The molecule has 0 bridgehead atoms. The monoisotopic (exact) mass is 343 g/mol. The fourth-order valence-electron chi connectivity index (χ4n) is 2.15. The molecule has 106 valence electrons. The molecule has 0 saturated heterocycles. The topological polar surface area (TPSA) is 57.8 Å². The number of carbonyl (C=O) groups excluding carboxylic acids is 1. The highest BCUT2D eigenvalue weighted by Gasteiger charge is 2.07. The Kier molecular flexibility index (Phi) is 4.01. The molecular formula is C16H14BrN3O. The summed E-state index contributed by atoms with van der Waals surface area (Å²) < 4.78 is 0.865. The molecule has 0 radical (unpaired) electrons. The molecule has 0 fully saturated rings. The van der Waals surface area contributed by atoms with Gasteiger partial charge in [-0.05, 0) is 34.1 Å². The van der Waals surface area contributed by atoms with Crippen molar-refractivity contribution in [3.63, 3.8) is 0 Å². The van der Waals surface area contributed by atoms with Gasteiger partial charge in [0.05, 0.1) is 5.52 Å². The van der Waals surface area contributed by atoms with Crippen LogP contribution in [0.15, 0.2) is 53.1 Å². The number of rotatable bonds is 4. The molecule has 1 aromatic carbocycles. The van der Waals surface area contributed by atoms with E-state index >= 15 is 0 Å². The number of fused-ring (bicyclic) bond motifs is 1. The van der Waals surface area contributed by atoms with E-state index in [4.69, 9.17) is 0 Å². The summed E-state index contributed by atoms with van der Waals surface area (Å²) in [5, 5.41) is 4.00. The van der Waals surface area contributed by atoms with Gasteiger partial charge >= 0.3 is 0 Å². The number of amides is 1. The van der Waals surface area contributed by atoms with Crippen LogP contribution in [0.5, 0.6) is 0 Å². The second-order valence-electron chi connectivity index (χ2n) is 4.73. The van der Waals surface area contributed by atoms with E-state index in [1.54, 1.807) is 12.3 Å². The van der Waals surface area contributed by atoms with Crippen LogP contribution in [0.25, 0.3) is 10.9 Å². The highest BCUT2D eigenvalue weighted by molar-refractivity contribution is 9.10. The predicted molar refractivity (Wildman–Crippen MR) is 86.3 cm³/mol. The van der Waals surface area contributed by atoms with Gasteiger partial charge in [0.1, 0.15) is 5.69 Å². The molecule has 5 heteroatoms. The van der Waals surface area contributed by atoms with E-state index in [1.165, 1.54) is 0 Å². The fraction of sp³-hybridized carbons (Fsp3) is 0.125. The number of hydrogen-bond donors (Lipinski definition) is 2. The molecule has 2 aromatic heterocycles. The van der Waals surface area contributed by atoms with Crippen molar-refractivity contribution in [1.29, 1.82) is 0 Å². The van der Waals surface area contributed by atoms with Gasteiger partial charge in [-0.2, -0.15) is 0 Å². The number of para-hydroxylation sites is 1. The zero-order valence-electron chi connectivity index (χ0n) is 11.3. The van der Waals surface area contributed by atoms with Crippen LogP contribution >= 0.6 is 15.9 Å². The lowest BCUT2D eigenvalue weighted by atomic mass is 10.2. The van der Waals surface area contributed by atoms with Crippen molar-refractivity contribution >= 4 is 32.7 Å². The molecule has 0 atom stereocenters.